The number of hydrogen-bond acceptors (Lipinski definition) is 9. The number of halogens is 1. The third-order valence-electron chi connectivity index (χ3n) is 7.42. The lowest BCUT2D eigenvalue weighted by Crippen LogP contribution is -2.51. The number of benzene rings is 1. The Morgan fingerprint density at radius 1 is 1.14 bits per heavy atom. The van der Waals surface area contributed by atoms with E-state index in [0.717, 1.165) is 22.5 Å². The van der Waals surface area contributed by atoms with Gasteiger partial charge in [-0.3, -0.25) is 9.10 Å². The molecule has 0 radical (unpaired) electrons. The number of methoxy groups -OCH3 is 3. The summed E-state index contributed by atoms with van der Waals surface area (Å²) in [6, 6.07) is 10.3. The van der Waals surface area contributed by atoms with E-state index in [9.17, 15) is 13.2 Å². The quantitative estimate of drug-likeness (QED) is 0.256. The van der Waals surface area contributed by atoms with Crippen molar-refractivity contribution in [1.82, 2.24) is 10.3 Å². The van der Waals surface area contributed by atoms with Crippen LogP contribution in [0.4, 0.5) is 11.6 Å². The van der Waals surface area contributed by atoms with Crippen molar-refractivity contribution in [2.75, 3.05) is 76.2 Å². The lowest BCUT2D eigenvalue weighted by Gasteiger charge is -2.29. The Hall–Kier alpha value is -2.48. The third-order valence-corrected chi connectivity index (χ3v) is 8.95. The molecule has 1 aromatic carbocycles. The number of nitrogens with zero attached hydrogens (tertiary/aromatic N) is 3. The highest BCUT2D eigenvalue weighted by molar-refractivity contribution is 7.92. The largest absolute Gasteiger partial charge is 0.383 e. The van der Waals surface area contributed by atoms with Crippen LogP contribution < -0.4 is 20.3 Å². The van der Waals surface area contributed by atoms with Gasteiger partial charge in [0.2, 0.25) is 10.0 Å². The molecule has 1 fully saturated rings. The summed E-state index contributed by atoms with van der Waals surface area (Å²) in [4.78, 5) is 20.7. The summed E-state index contributed by atoms with van der Waals surface area (Å²) in [5, 5.41) is 2.95. The van der Waals surface area contributed by atoms with E-state index in [-0.39, 0.29) is 36.2 Å². The molecule has 0 saturated heterocycles. The number of ether oxygens (including phenoxy) is 3. The molecule has 3 unspecified atom stereocenters. The first-order chi connectivity index (χ1) is 20.0. The van der Waals surface area contributed by atoms with E-state index in [1.807, 2.05) is 35.2 Å². The van der Waals surface area contributed by atoms with Crippen molar-refractivity contribution in [2.45, 2.75) is 31.8 Å². The van der Waals surface area contributed by atoms with Crippen LogP contribution in [0.3, 0.4) is 0 Å². The van der Waals surface area contributed by atoms with Crippen molar-refractivity contribution in [3.63, 3.8) is 0 Å². The molecule has 3 N–H and O–H groups in total. The molecule has 234 valence electrons. The number of hydrogen-bond donors (Lipinski definition) is 2. The molecule has 3 rings (SSSR count). The van der Waals surface area contributed by atoms with Crippen molar-refractivity contribution >= 4 is 39.2 Å². The Bertz CT molecular complexity index is 1270. The van der Waals surface area contributed by atoms with E-state index < -0.39 is 28.0 Å². The van der Waals surface area contributed by atoms with Crippen molar-refractivity contribution in [1.29, 1.82) is 0 Å². The average Bonchev–Trinajstić information content (AvgIpc) is 3.65. The molecule has 2 aromatic rings. The fourth-order valence-electron chi connectivity index (χ4n) is 4.77. The molecular weight excluding hydrogens is 582 g/mol. The molecule has 0 bridgehead atoms. The molecule has 1 aromatic heterocycles. The molecule has 42 heavy (non-hydrogen) atoms. The Morgan fingerprint density at radius 3 is 2.36 bits per heavy atom. The summed E-state index contributed by atoms with van der Waals surface area (Å²) in [5.41, 5.74) is 7.51. The van der Waals surface area contributed by atoms with E-state index >= 15 is 0 Å². The molecule has 1 aliphatic carbocycles. The molecule has 11 nitrogen and oxygen atoms in total. The van der Waals surface area contributed by atoms with E-state index in [1.165, 1.54) is 7.11 Å². The number of aromatic nitrogens is 1. The molecule has 1 saturated carbocycles. The summed E-state index contributed by atoms with van der Waals surface area (Å²) < 4.78 is 42.7. The van der Waals surface area contributed by atoms with Crippen LogP contribution in [0, 0.1) is 11.8 Å². The summed E-state index contributed by atoms with van der Waals surface area (Å²) in [7, 11) is 0.818. The molecule has 1 heterocycles. The standard InChI is InChI=1S/C29H44ClN5O6S/c1-20-15-22(20)18-34(11-13-39-2)26-17-23(27(30)28(33-26)35(12-14-40-3)42(5,37)38)29(36)32-25(24(31)19-41-4)16-21-9-7-6-8-10-21/h6-10,17,20,22,24-25H,11-16,18-19,31H2,1-5H3,(H,32,36)/t20?,22?,24?,25-/m0/s1. The molecular formula is C29H44ClN5O6S. The summed E-state index contributed by atoms with van der Waals surface area (Å²) in [6.07, 6.45) is 2.61. The topological polar surface area (TPSA) is 136 Å². The van der Waals surface area contributed by atoms with E-state index in [4.69, 9.17) is 36.5 Å². The normalized spacial score (nSPS) is 17.9. The zero-order valence-corrected chi connectivity index (χ0v) is 26.7. The van der Waals surface area contributed by atoms with Gasteiger partial charge in [-0.2, -0.15) is 0 Å². The van der Waals surface area contributed by atoms with E-state index in [1.54, 1.807) is 20.3 Å². The van der Waals surface area contributed by atoms with Gasteiger partial charge in [-0.1, -0.05) is 48.9 Å². The minimum absolute atomic E-state index is 0.0281. The number of anilines is 2. The van der Waals surface area contributed by atoms with Gasteiger partial charge in [0.25, 0.3) is 5.91 Å². The van der Waals surface area contributed by atoms with Gasteiger partial charge in [0.05, 0.1) is 49.2 Å². The van der Waals surface area contributed by atoms with Crippen LogP contribution in [-0.2, 0) is 30.7 Å². The zero-order chi connectivity index (χ0) is 30.9. The van der Waals surface area contributed by atoms with Crippen LogP contribution in [0.2, 0.25) is 5.02 Å². The fourth-order valence-corrected chi connectivity index (χ4v) is 5.96. The zero-order valence-electron chi connectivity index (χ0n) is 25.1. The first kappa shape index (κ1) is 34.0. The summed E-state index contributed by atoms with van der Waals surface area (Å²) in [5.74, 6) is 0.930. The lowest BCUT2D eigenvalue weighted by molar-refractivity contribution is 0.0913. The highest BCUT2D eigenvalue weighted by atomic mass is 35.5. The van der Waals surface area contributed by atoms with Crippen LogP contribution in [0.5, 0.6) is 0 Å². The Balaban J connectivity index is 2.08. The number of nitrogens with one attached hydrogen (secondary N) is 1. The highest BCUT2D eigenvalue weighted by Crippen LogP contribution is 2.40. The van der Waals surface area contributed by atoms with Crippen LogP contribution >= 0.6 is 11.6 Å². The first-order valence-corrected chi connectivity index (χ1v) is 16.2. The minimum Gasteiger partial charge on any atom is -0.383 e. The fraction of sp³-hybridized carbons (Fsp3) is 0.586. The van der Waals surface area contributed by atoms with Gasteiger partial charge < -0.3 is 30.2 Å². The maximum absolute atomic E-state index is 13.9. The van der Waals surface area contributed by atoms with Crippen LogP contribution in [0.25, 0.3) is 0 Å². The number of rotatable bonds is 18. The van der Waals surface area contributed by atoms with Crippen LogP contribution in [0.15, 0.2) is 36.4 Å². The molecule has 13 heteroatoms. The number of sulfonamides is 1. The number of nitrogens with two attached hydrogens (primary N) is 1. The van der Waals surface area contributed by atoms with Gasteiger partial charge in [0, 0.05) is 40.5 Å². The second kappa shape index (κ2) is 15.8. The maximum atomic E-state index is 13.9. The maximum Gasteiger partial charge on any atom is 0.253 e. The van der Waals surface area contributed by atoms with Crippen molar-refractivity contribution < 1.29 is 27.4 Å². The lowest BCUT2D eigenvalue weighted by atomic mass is 9.99. The minimum atomic E-state index is -3.82. The molecule has 1 amide bonds. The SMILES string of the molecule is COCCN(CC1CC1C)c1cc(C(=O)N[C@@H](Cc2ccccc2)C(N)COC)c(Cl)c(N(CCOC)S(C)(=O)=O)n1. The van der Waals surface area contributed by atoms with Crippen molar-refractivity contribution in [3.8, 4) is 0 Å². The highest BCUT2D eigenvalue weighted by Gasteiger charge is 2.35. The smallest absolute Gasteiger partial charge is 0.253 e. The number of carbonyl (C=O) groups is 1. The van der Waals surface area contributed by atoms with Gasteiger partial charge in [-0.25, -0.2) is 13.4 Å². The second-order valence-electron chi connectivity index (χ2n) is 10.8. The van der Waals surface area contributed by atoms with Gasteiger partial charge >= 0.3 is 0 Å². The average molecular weight is 626 g/mol. The Kier molecular flexibility index (Phi) is 12.8. The monoisotopic (exact) mass is 625 g/mol. The molecule has 1 aliphatic rings. The Labute approximate surface area is 254 Å². The summed E-state index contributed by atoms with van der Waals surface area (Å²) in [6.45, 7) is 4.10. The van der Waals surface area contributed by atoms with E-state index in [2.05, 4.69) is 12.2 Å². The first-order valence-electron chi connectivity index (χ1n) is 14.0. The van der Waals surface area contributed by atoms with Crippen molar-refractivity contribution in [3.05, 3.63) is 52.5 Å². The third kappa shape index (κ3) is 9.51. The van der Waals surface area contributed by atoms with Gasteiger partial charge in [-0.05, 0) is 36.3 Å². The number of carbonyl (C=O) groups excluding carboxylic acids is 1. The molecule has 4 atom stereocenters. The van der Waals surface area contributed by atoms with Gasteiger partial charge in [0.1, 0.15) is 5.82 Å². The number of pyridine rings is 1. The van der Waals surface area contributed by atoms with Crippen molar-refractivity contribution in [2.24, 2.45) is 17.6 Å². The predicted molar refractivity (Wildman–Crippen MR) is 166 cm³/mol. The molecule has 0 aliphatic heterocycles. The van der Waals surface area contributed by atoms with Gasteiger partial charge in [-0.15, -0.1) is 0 Å². The van der Waals surface area contributed by atoms with Gasteiger partial charge in [0.15, 0.2) is 5.82 Å². The second-order valence-corrected chi connectivity index (χ2v) is 13.1. The Morgan fingerprint density at radius 2 is 1.79 bits per heavy atom. The number of amides is 1. The van der Waals surface area contributed by atoms with Crippen LogP contribution in [-0.4, -0.2) is 98.4 Å². The molecule has 0 spiro atoms. The van der Waals surface area contributed by atoms with Crippen LogP contribution in [0.1, 0.15) is 29.3 Å². The predicted octanol–water partition coefficient (Wildman–Crippen LogP) is 2.57. The summed E-state index contributed by atoms with van der Waals surface area (Å²) >= 11 is 6.82. The van der Waals surface area contributed by atoms with E-state index in [0.29, 0.717) is 43.8 Å².